The summed E-state index contributed by atoms with van der Waals surface area (Å²) in [4.78, 5) is 12.2. The molecule has 0 heterocycles. The molecule has 0 bridgehead atoms. The Morgan fingerprint density at radius 1 is 1.00 bits per heavy atom. The Kier molecular flexibility index (Phi) is 6.78. The predicted molar refractivity (Wildman–Crippen MR) is 86.6 cm³/mol. The highest BCUT2D eigenvalue weighted by Gasteiger charge is 2.22. The maximum Gasteiger partial charge on any atom is 0.343 e. The Labute approximate surface area is 142 Å². The van der Waals surface area contributed by atoms with Gasteiger partial charge in [-0.15, -0.1) is 0 Å². The van der Waals surface area contributed by atoms with Crippen molar-refractivity contribution < 1.29 is 26.5 Å². The van der Waals surface area contributed by atoms with Gasteiger partial charge in [0.15, 0.2) is 0 Å². The molecule has 4 heteroatoms. The summed E-state index contributed by atoms with van der Waals surface area (Å²) in [5.74, 6) is 0.248. The molecular formula is C18H22BrNO2. The normalized spacial score (nSPS) is 10.7. The maximum absolute atomic E-state index is 12.2. The zero-order valence-electron chi connectivity index (χ0n) is 13.3. The highest BCUT2D eigenvalue weighted by molar-refractivity contribution is 5.92. The van der Waals surface area contributed by atoms with Gasteiger partial charge >= 0.3 is 5.97 Å². The van der Waals surface area contributed by atoms with Gasteiger partial charge in [0.2, 0.25) is 0 Å². The number of rotatable bonds is 5. The smallest absolute Gasteiger partial charge is 0.343 e. The average Bonchev–Trinajstić information content (AvgIpc) is 2.55. The fraction of sp³-hybridized carbons (Fsp3) is 0.278. The van der Waals surface area contributed by atoms with Crippen LogP contribution >= 0.6 is 0 Å². The van der Waals surface area contributed by atoms with Gasteiger partial charge in [-0.25, -0.2) is 4.79 Å². The van der Waals surface area contributed by atoms with Crippen LogP contribution in [0, 0.1) is 0 Å². The number of carbonyl (C=O) groups is 1. The van der Waals surface area contributed by atoms with E-state index in [1.165, 1.54) is 0 Å². The van der Waals surface area contributed by atoms with Gasteiger partial charge in [-0.3, -0.25) is 4.48 Å². The number of para-hydroxylation sites is 1. The third kappa shape index (κ3) is 4.18. The van der Waals surface area contributed by atoms with E-state index in [4.69, 9.17) is 4.74 Å². The van der Waals surface area contributed by atoms with Crippen LogP contribution in [-0.2, 0) is 0 Å². The lowest BCUT2D eigenvalue weighted by Gasteiger charge is -2.31. The average molecular weight is 364 g/mol. The quantitative estimate of drug-likeness (QED) is 0.448. The minimum atomic E-state index is -0.318. The molecule has 0 unspecified atom stereocenters. The minimum absolute atomic E-state index is 0. The lowest BCUT2D eigenvalue weighted by molar-refractivity contribution is -0.0000173. The summed E-state index contributed by atoms with van der Waals surface area (Å²) < 4.78 is 6.19. The van der Waals surface area contributed by atoms with Crippen molar-refractivity contribution in [2.24, 2.45) is 0 Å². The van der Waals surface area contributed by atoms with Crippen molar-refractivity contribution >= 4 is 11.7 Å². The fourth-order valence-corrected chi connectivity index (χ4v) is 2.21. The van der Waals surface area contributed by atoms with Gasteiger partial charge in [0.25, 0.3) is 0 Å². The maximum atomic E-state index is 12.2. The highest BCUT2D eigenvalue weighted by Crippen LogP contribution is 2.22. The number of carbonyl (C=O) groups excluding carboxylic acids is 1. The second-order valence-corrected chi connectivity index (χ2v) is 5.28. The lowest BCUT2D eigenvalue weighted by atomic mass is 10.1. The van der Waals surface area contributed by atoms with Crippen molar-refractivity contribution in [3.05, 3.63) is 60.2 Å². The molecule has 0 aliphatic carbocycles. The van der Waals surface area contributed by atoms with Crippen LogP contribution in [0.15, 0.2) is 54.6 Å². The van der Waals surface area contributed by atoms with Gasteiger partial charge in [0, 0.05) is 6.07 Å². The lowest BCUT2D eigenvalue weighted by Crippen LogP contribution is -3.00. The van der Waals surface area contributed by atoms with Crippen LogP contribution in [0.3, 0.4) is 0 Å². The van der Waals surface area contributed by atoms with Crippen molar-refractivity contribution in [3.63, 3.8) is 0 Å². The second kappa shape index (κ2) is 8.11. The van der Waals surface area contributed by atoms with Crippen molar-refractivity contribution in [1.82, 2.24) is 4.48 Å². The molecule has 0 aromatic heterocycles. The molecule has 0 saturated carbocycles. The number of hydrogen-bond donors (Lipinski definition) is 0. The summed E-state index contributed by atoms with van der Waals surface area (Å²) in [6, 6.07) is 16.8. The number of benzene rings is 2. The molecule has 0 fully saturated rings. The molecule has 2 aromatic carbocycles. The highest BCUT2D eigenvalue weighted by atomic mass is 79.9. The summed E-state index contributed by atoms with van der Waals surface area (Å²) in [5, 5.41) is 0. The Balaban J connectivity index is 0.00000242. The first-order chi connectivity index (χ1) is 10.1. The van der Waals surface area contributed by atoms with E-state index in [9.17, 15) is 4.79 Å². The topological polar surface area (TPSA) is 26.3 Å². The number of quaternary nitrogens is 1. The zero-order chi connectivity index (χ0) is 15.3. The van der Waals surface area contributed by atoms with Crippen molar-refractivity contribution in [2.45, 2.75) is 13.8 Å². The van der Waals surface area contributed by atoms with E-state index in [2.05, 4.69) is 27.0 Å². The van der Waals surface area contributed by atoms with Gasteiger partial charge in [-0.05, 0) is 38.1 Å². The first-order valence-corrected chi connectivity index (χ1v) is 7.31. The van der Waals surface area contributed by atoms with E-state index in [1.54, 1.807) is 18.2 Å². The fourth-order valence-electron chi connectivity index (χ4n) is 2.21. The predicted octanol–water partition coefficient (Wildman–Crippen LogP) is 0.887. The SMILES string of the molecule is CC[N+](C)(CC)c1cccc(C(=O)Oc2ccccc2)c1.[Br-]. The summed E-state index contributed by atoms with van der Waals surface area (Å²) in [6.45, 7) is 6.26. The van der Waals surface area contributed by atoms with E-state index in [0.29, 0.717) is 11.3 Å². The van der Waals surface area contributed by atoms with E-state index in [0.717, 1.165) is 23.3 Å². The number of halogens is 1. The third-order valence-electron chi connectivity index (χ3n) is 4.05. The largest absolute Gasteiger partial charge is 1.00 e. The number of nitrogens with zero attached hydrogens (tertiary/aromatic N) is 1. The van der Waals surface area contributed by atoms with Crippen LogP contribution in [0.25, 0.3) is 0 Å². The van der Waals surface area contributed by atoms with Crippen molar-refractivity contribution in [3.8, 4) is 5.75 Å². The van der Waals surface area contributed by atoms with Crippen LogP contribution in [-0.4, -0.2) is 26.1 Å². The summed E-state index contributed by atoms with van der Waals surface area (Å²) in [6.07, 6.45) is 0. The molecular weight excluding hydrogens is 342 g/mol. The van der Waals surface area contributed by atoms with E-state index >= 15 is 0 Å². The van der Waals surface area contributed by atoms with Gasteiger partial charge in [0.05, 0.1) is 25.7 Å². The van der Waals surface area contributed by atoms with Crippen molar-refractivity contribution in [2.75, 3.05) is 20.1 Å². The molecule has 0 saturated heterocycles. The van der Waals surface area contributed by atoms with Crippen LogP contribution in [0.2, 0.25) is 0 Å². The molecule has 0 atom stereocenters. The standard InChI is InChI=1S/C18H22NO2.BrH/c1-4-19(3,5-2)16-11-9-10-15(14-16)18(20)21-17-12-7-6-8-13-17;/h6-14H,4-5H2,1-3H3;1H/q+1;/p-1. The summed E-state index contributed by atoms with van der Waals surface area (Å²) >= 11 is 0. The molecule has 0 N–H and O–H groups in total. The van der Waals surface area contributed by atoms with Gasteiger partial charge in [0.1, 0.15) is 11.4 Å². The number of hydrogen-bond acceptors (Lipinski definition) is 2. The first-order valence-electron chi connectivity index (χ1n) is 7.31. The Bertz CT molecular complexity index is 609. The third-order valence-corrected chi connectivity index (χ3v) is 4.05. The Hall–Kier alpha value is -1.65. The molecule has 0 radical (unpaired) electrons. The Morgan fingerprint density at radius 2 is 1.64 bits per heavy atom. The monoisotopic (exact) mass is 363 g/mol. The first kappa shape index (κ1) is 18.4. The van der Waals surface area contributed by atoms with Gasteiger partial charge in [-0.2, -0.15) is 0 Å². The van der Waals surface area contributed by atoms with E-state index in [1.807, 2.05) is 30.3 Å². The molecule has 0 spiro atoms. The number of esters is 1. The minimum Gasteiger partial charge on any atom is -1.00 e. The van der Waals surface area contributed by atoms with E-state index < -0.39 is 0 Å². The molecule has 3 nitrogen and oxygen atoms in total. The summed E-state index contributed by atoms with van der Waals surface area (Å²) in [7, 11) is 2.17. The molecule has 2 aromatic rings. The van der Waals surface area contributed by atoms with Crippen molar-refractivity contribution in [1.29, 1.82) is 0 Å². The molecule has 118 valence electrons. The second-order valence-electron chi connectivity index (χ2n) is 5.28. The van der Waals surface area contributed by atoms with Crippen LogP contribution in [0.1, 0.15) is 24.2 Å². The molecule has 2 rings (SSSR count). The van der Waals surface area contributed by atoms with Crippen LogP contribution in [0.5, 0.6) is 5.75 Å². The Morgan fingerprint density at radius 3 is 2.23 bits per heavy atom. The molecule has 22 heavy (non-hydrogen) atoms. The zero-order valence-corrected chi connectivity index (χ0v) is 14.8. The van der Waals surface area contributed by atoms with Crippen LogP contribution in [0.4, 0.5) is 5.69 Å². The molecule has 0 aliphatic rings. The summed E-state index contributed by atoms with van der Waals surface area (Å²) in [5.41, 5.74) is 1.71. The molecule has 0 amide bonds. The molecule has 0 aliphatic heterocycles. The van der Waals surface area contributed by atoms with Crippen LogP contribution < -0.4 is 26.2 Å². The van der Waals surface area contributed by atoms with E-state index in [-0.39, 0.29) is 23.0 Å². The number of ether oxygens (including phenoxy) is 1. The van der Waals surface area contributed by atoms with Gasteiger partial charge in [-0.1, -0.05) is 24.3 Å². The van der Waals surface area contributed by atoms with Gasteiger partial charge < -0.3 is 21.7 Å².